The van der Waals surface area contributed by atoms with Crippen molar-refractivity contribution >= 4 is 12.1 Å². The van der Waals surface area contributed by atoms with Crippen molar-refractivity contribution in [3.63, 3.8) is 0 Å². The van der Waals surface area contributed by atoms with Crippen molar-refractivity contribution in [3.8, 4) is 0 Å². The molecule has 0 aliphatic rings. The Balaban J connectivity index is 4.38. The zero-order valence-electron chi connectivity index (χ0n) is 11.9. The summed E-state index contributed by atoms with van der Waals surface area (Å²) in [6, 6.07) is -0.339. The van der Waals surface area contributed by atoms with Crippen LogP contribution in [0.5, 0.6) is 0 Å². The number of hydrogen-bond donors (Lipinski definition) is 1. The summed E-state index contributed by atoms with van der Waals surface area (Å²) in [5, 5.41) is 9.50. The number of amides is 1. The number of carbonyl (C=O) groups excluding carboxylic acids is 2. The summed E-state index contributed by atoms with van der Waals surface area (Å²) in [6.45, 7) is 7.03. The standard InChI is InChI=1S/C12H23NO5/c1-8(7-9(14)10(15)17-6)13(5)11(16)18-12(2,3)4/h8-9,14H,7H2,1-6H3. The van der Waals surface area contributed by atoms with Crippen LogP contribution < -0.4 is 0 Å². The highest BCUT2D eigenvalue weighted by atomic mass is 16.6. The molecule has 0 aliphatic carbocycles. The van der Waals surface area contributed by atoms with E-state index >= 15 is 0 Å². The molecule has 0 radical (unpaired) electrons. The molecule has 6 heteroatoms. The van der Waals surface area contributed by atoms with Gasteiger partial charge >= 0.3 is 12.1 Å². The molecule has 0 saturated heterocycles. The fraction of sp³-hybridized carbons (Fsp3) is 0.833. The fourth-order valence-electron chi connectivity index (χ4n) is 1.23. The molecule has 0 bridgehead atoms. The summed E-state index contributed by atoms with van der Waals surface area (Å²) >= 11 is 0. The van der Waals surface area contributed by atoms with E-state index in [-0.39, 0.29) is 12.5 Å². The van der Waals surface area contributed by atoms with Crippen LogP contribution in [0, 0.1) is 0 Å². The molecule has 0 aromatic rings. The molecule has 0 aromatic carbocycles. The van der Waals surface area contributed by atoms with Gasteiger partial charge in [-0.2, -0.15) is 0 Å². The predicted molar refractivity (Wildman–Crippen MR) is 66.1 cm³/mol. The number of methoxy groups -OCH3 is 1. The summed E-state index contributed by atoms with van der Waals surface area (Å²) in [6.07, 6.45) is -1.63. The molecular weight excluding hydrogens is 238 g/mol. The quantitative estimate of drug-likeness (QED) is 0.769. The van der Waals surface area contributed by atoms with E-state index in [0.717, 1.165) is 0 Å². The molecular formula is C12H23NO5. The predicted octanol–water partition coefficient (Wildman–Crippen LogP) is 1.17. The van der Waals surface area contributed by atoms with Gasteiger partial charge in [-0.05, 0) is 27.7 Å². The van der Waals surface area contributed by atoms with Crippen molar-refractivity contribution in [2.45, 2.75) is 51.9 Å². The van der Waals surface area contributed by atoms with Crippen molar-refractivity contribution in [1.29, 1.82) is 0 Å². The van der Waals surface area contributed by atoms with Gasteiger partial charge in [0.2, 0.25) is 0 Å². The van der Waals surface area contributed by atoms with Crippen LogP contribution in [-0.2, 0) is 14.3 Å². The number of esters is 1. The highest BCUT2D eigenvalue weighted by molar-refractivity contribution is 5.74. The van der Waals surface area contributed by atoms with E-state index in [0.29, 0.717) is 0 Å². The van der Waals surface area contributed by atoms with Crippen molar-refractivity contribution < 1.29 is 24.2 Å². The van der Waals surface area contributed by atoms with Gasteiger partial charge in [0.1, 0.15) is 5.60 Å². The van der Waals surface area contributed by atoms with Gasteiger partial charge in [-0.3, -0.25) is 0 Å². The van der Waals surface area contributed by atoms with Gasteiger partial charge in [-0.25, -0.2) is 9.59 Å². The molecule has 0 saturated carbocycles. The zero-order chi connectivity index (χ0) is 14.5. The minimum absolute atomic E-state index is 0.0996. The van der Waals surface area contributed by atoms with E-state index in [1.165, 1.54) is 12.0 Å². The second-order valence-corrected chi connectivity index (χ2v) is 5.21. The normalized spacial score (nSPS) is 14.6. The second-order valence-electron chi connectivity index (χ2n) is 5.21. The second kappa shape index (κ2) is 6.58. The molecule has 0 aliphatic heterocycles. The number of hydrogen-bond acceptors (Lipinski definition) is 5. The van der Waals surface area contributed by atoms with E-state index in [1.54, 1.807) is 34.7 Å². The lowest BCUT2D eigenvalue weighted by Crippen LogP contribution is -2.41. The SMILES string of the molecule is COC(=O)C(O)CC(C)N(C)C(=O)OC(C)(C)C. The molecule has 18 heavy (non-hydrogen) atoms. The number of aliphatic hydroxyl groups excluding tert-OH is 1. The van der Waals surface area contributed by atoms with Crippen LogP contribution in [-0.4, -0.2) is 54.0 Å². The first-order valence-corrected chi connectivity index (χ1v) is 5.80. The van der Waals surface area contributed by atoms with Crippen molar-refractivity contribution in [2.24, 2.45) is 0 Å². The van der Waals surface area contributed by atoms with Gasteiger partial charge in [-0.1, -0.05) is 0 Å². The highest BCUT2D eigenvalue weighted by Crippen LogP contribution is 2.13. The van der Waals surface area contributed by atoms with Gasteiger partial charge in [0.15, 0.2) is 6.10 Å². The van der Waals surface area contributed by atoms with Crippen molar-refractivity contribution in [2.75, 3.05) is 14.2 Å². The Bertz CT molecular complexity index is 297. The minimum atomic E-state index is -1.24. The van der Waals surface area contributed by atoms with Crippen LogP contribution in [0.15, 0.2) is 0 Å². The number of rotatable bonds is 4. The number of aliphatic hydroxyl groups is 1. The molecule has 6 nitrogen and oxygen atoms in total. The van der Waals surface area contributed by atoms with E-state index in [9.17, 15) is 14.7 Å². The van der Waals surface area contributed by atoms with Crippen LogP contribution in [0.1, 0.15) is 34.1 Å². The lowest BCUT2D eigenvalue weighted by Gasteiger charge is -2.29. The topological polar surface area (TPSA) is 76.1 Å². The number of carbonyl (C=O) groups is 2. The third-order valence-corrected chi connectivity index (χ3v) is 2.38. The molecule has 1 N–H and O–H groups in total. The maximum atomic E-state index is 11.7. The van der Waals surface area contributed by atoms with Gasteiger partial charge in [0.25, 0.3) is 0 Å². The Morgan fingerprint density at radius 2 is 1.83 bits per heavy atom. The Kier molecular flexibility index (Phi) is 6.11. The lowest BCUT2D eigenvalue weighted by molar-refractivity contribution is -0.151. The van der Waals surface area contributed by atoms with Crippen molar-refractivity contribution in [3.05, 3.63) is 0 Å². The van der Waals surface area contributed by atoms with Crippen LogP contribution in [0.25, 0.3) is 0 Å². The van der Waals surface area contributed by atoms with Gasteiger partial charge in [0.05, 0.1) is 7.11 Å². The lowest BCUT2D eigenvalue weighted by atomic mass is 10.1. The van der Waals surface area contributed by atoms with Gasteiger partial charge in [-0.15, -0.1) is 0 Å². The number of nitrogens with zero attached hydrogens (tertiary/aromatic N) is 1. The average molecular weight is 261 g/mol. The molecule has 1 amide bonds. The smallest absolute Gasteiger partial charge is 0.410 e. The van der Waals surface area contributed by atoms with Crippen molar-refractivity contribution in [1.82, 2.24) is 4.90 Å². The maximum absolute atomic E-state index is 11.7. The molecule has 0 heterocycles. The average Bonchev–Trinajstić information content (AvgIpc) is 2.24. The molecule has 0 rings (SSSR count). The first-order valence-electron chi connectivity index (χ1n) is 5.80. The third kappa shape index (κ3) is 5.86. The largest absolute Gasteiger partial charge is 0.467 e. The summed E-state index contributed by atoms with van der Waals surface area (Å²) in [5.74, 6) is -0.709. The summed E-state index contributed by atoms with van der Waals surface area (Å²) in [7, 11) is 2.76. The summed E-state index contributed by atoms with van der Waals surface area (Å²) < 4.78 is 9.59. The Labute approximate surface area is 108 Å². The Morgan fingerprint density at radius 1 is 1.33 bits per heavy atom. The first kappa shape index (κ1) is 16.7. The maximum Gasteiger partial charge on any atom is 0.410 e. The van der Waals surface area contributed by atoms with Crippen LogP contribution in [0.4, 0.5) is 4.79 Å². The first-order chi connectivity index (χ1) is 8.08. The minimum Gasteiger partial charge on any atom is -0.467 e. The molecule has 2 unspecified atom stereocenters. The Morgan fingerprint density at radius 3 is 2.22 bits per heavy atom. The van der Waals surface area contributed by atoms with Gasteiger partial charge < -0.3 is 19.5 Å². The zero-order valence-corrected chi connectivity index (χ0v) is 11.9. The number of ether oxygens (including phenoxy) is 2. The summed E-state index contributed by atoms with van der Waals surface area (Å²) in [4.78, 5) is 24.1. The van der Waals surface area contributed by atoms with E-state index in [1.807, 2.05) is 0 Å². The fourth-order valence-corrected chi connectivity index (χ4v) is 1.23. The Hall–Kier alpha value is -1.30. The van der Waals surface area contributed by atoms with E-state index < -0.39 is 23.8 Å². The van der Waals surface area contributed by atoms with E-state index in [4.69, 9.17) is 4.74 Å². The molecule has 0 fully saturated rings. The van der Waals surface area contributed by atoms with E-state index in [2.05, 4.69) is 4.74 Å². The van der Waals surface area contributed by atoms with Crippen LogP contribution in [0.2, 0.25) is 0 Å². The van der Waals surface area contributed by atoms with Crippen LogP contribution in [0.3, 0.4) is 0 Å². The monoisotopic (exact) mass is 261 g/mol. The molecule has 106 valence electrons. The molecule has 0 aromatic heterocycles. The van der Waals surface area contributed by atoms with Gasteiger partial charge in [0, 0.05) is 19.5 Å². The third-order valence-electron chi connectivity index (χ3n) is 2.38. The summed E-state index contributed by atoms with van der Waals surface area (Å²) in [5.41, 5.74) is -0.577. The van der Waals surface area contributed by atoms with Crippen LogP contribution >= 0.6 is 0 Å². The molecule has 0 spiro atoms. The highest BCUT2D eigenvalue weighted by Gasteiger charge is 2.26. The molecule has 2 atom stereocenters.